The fourth-order valence-corrected chi connectivity index (χ4v) is 1.42. The Morgan fingerprint density at radius 1 is 1.53 bits per heavy atom. The highest BCUT2D eigenvalue weighted by Crippen LogP contribution is 2.21. The lowest BCUT2D eigenvalue weighted by molar-refractivity contribution is 1.07. The lowest BCUT2D eigenvalue weighted by Gasteiger charge is -2.10. The second kappa shape index (κ2) is 3.49. The number of anilines is 1. The Morgan fingerprint density at radius 2 is 2.33 bits per heavy atom. The fourth-order valence-electron chi connectivity index (χ4n) is 1.42. The van der Waals surface area contributed by atoms with E-state index in [4.69, 9.17) is 11.1 Å². The van der Waals surface area contributed by atoms with Crippen LogP contribution in [-0.4, -0.2) is 15.9 Å². The van der Waals surface area contributed by atoms with Gasteiger partial charge >= 0.3 is 0 Å². The van der Waals surface area contributed by atoms with Gasteiger partial charge < -0.3 is 10.7 Å². The van der Waals surface area contributed by atoms with E-state index in [1.54, 1.807) is 6.33 Å². The lowest BCUT2D eigenvalue weighted by atomic mass is 10.1. The van der Waals surface area contributed by atoms with Crippen LogP contribution in [0.25, 0.3) is 11.0 Å². The predicted octanol–water partition coefficient (Wildman–Crippen LogP) is 0.681. The van der Waals surface area contributed by atoms with Crippen molar-refractivity contribution in [3.05, 3.63) is 24.0 Å². The molecule has 0 amide bonds. The topological polar surface area (TPSA) is 103 Å². The summed E-state index contributed by atoms with van der Waals surface area (Å²) in [7, 11) is 0. The number of hydrazine groups is 1. The highest BCUT2D eigenvalue weighted by molar-refractivity contribution is 5.84. The average molecular weight is 204 g/mol. The van der Waals surface area contributed by atoms with Crippen LogP contribution in [0.2, 0.25) is 0 Å². The van der Waals surface area contributed by atoms with Gasteiger partial charge in [-0.25, -0.2) is 4.98 Å². The van der Waals surface area contributed by atoms with Crippen LogP contribution in [0, 0.1) is 12.3 Å². The number of guanidine groups is 1. The van der Waals surface area contributed by atoms with Crippen LogP contribution in [0.3, 0.4) is 0 Å². The van der Waals surface area contributed by atoms with Crippen molar-refractivity contribution in [2.45, 2.75) is 6.92 Å². The Morgan fingerprint density at radius 3 is 3.07 bits per heavy atom. The predicted molar refractivity (Wildman–Crippen MR) is 59.5 cm³/mol. The minimum absolute atomic E-state index is 0.128. The Labute approximate surface area is 86.4 Å². The van der Waals surface area contributed by atoms with Gasteiger partial charge in [-0.2, -0.15) is 0 Å². The number of hydrogen-bond donors (Lipinski definition) is 5. The zero-order valence-electron chi connectivity index (χ0n) is 8.26. The summed E-state index contributed by atoms with van der Waals surface area (Å²) in [6.45, 7) is 1.95. The maximum atomic E-state index is 7.03. The Hall–Kier alpha value is -2.24. The first kappa shape index (κ1) is 9.32. The van der Waals surface area contributed by atoms with Crippen LogP contribution in [0.1, 0.15) is 5.56 Å². The third-order valence-corrected chi connectivity index (χ3v) is 2.18. The minimum atomic E-state index is -0.128. The summed E-state index contributed by atoms with van der Waals surface area (Å²) in [5.74, 6) is -0.128. The quantitative estimate of drug-likeness (QED) is 0.282. The number of benzene rings is 1. The van der Waals surface area contributed by atoms with Gasteiger partial charge in [-0.05, 0) is 19.1 Å². The maximum absolute atomic E-state index is 7.03. The molecule has 2 aromatic rings. The lowest BCUT2D eigenvalue weighted by Crippen LogP contribution is -2.35. The number of nitrogens with zero attached hydrogens (tertiary/aromatic N) is 1. The number of nitrogens with two attached hydrogens (primary N) is 1. The number of aromatic nitrogens is 2. The number of aromatic amines is 1. The molecule has 78 valence electrons. The van der Waals surface area contributed by atoms with Gasteiger partial charge in [0.25, 0.3) is 0 Å². The molecule has 2 rings (SSSR count). The van der Waals surface area contributed by atoms with E-state index < -0.39 is 0 Å². The molecule has 0 unspecified atom stereocenters. The molecule has 0 bridgehead atoms. The second-order valence-corrected chi connectivity index (χ2v) is 3.20. The molecule has 0 spiro atoms. The fraction of sp³-hybridized carbons (Fsp3) is 0.111. The van der Waals surface area contributed by atoms with Gasteiger partial charge in [0.1, 0.15) is 0 Å². The highest BCUT2D eigenvalue weighted by atomic mass is 15.4. The molecular weight excluding hydrogens is 192 g/mol. The summed E-state index contributed by atoms with van der Waals surface area (Å²) in [4.78, 5) is 7.22. The first-order chi connectivity index (χ1) is 7.18. The number of hydrogen-bond acceptors (Lipinski definition) is 3. The maximum Gasteiger partial charge on any atom is 0.204 e. The average Bonchev–Trinajstić information content (AvgIpc) is 2.65. The Kier molecular flexibility index (Phi) is 2.17. The zero-order valence-corrected chi connectivity index (χ0v) is 8.26. The van der Waals surface area contributed by atoms with Crippen molar-refractivity contribution in [3.63, 3.8) is 0 Å². The van der Waals surface area contributed by atoms with Crippen molar-refractivity contribution < 1.29 is 0 Å². The third kappa shape index (κ3) is 1.69. The Bertz CT molecular complexity index is 500. The standard InChI is InChI=1S/C9H12N6/c1-5-6(14-15-9(10)11)2-3-7-8(5)13-4-12-7/h2-4,14H,1H3,(H,12,13)(H4,10,11,15). The molecule has 0 atom stereocenters. The summed E-state index contributed by atoms with van der Waals surface area (Å²) in [5.41, 5.74) is 14.3. The van der Waals surface area contributed by atoms with Gasteiger partial charge in [0, 0.05) is 5.56 Å². The van der Waals surface area contributed by atoms with Gasteiger partial charge in [0.15, 0.2) is 0 Å². The molecule has 6 heteroatoms. The smallest absolute Gasteiger partial charge is 0.204 e. The molecule has 6 N–H and O–H groups in total. The number of nitrogens with one attached hydrogen (secondary N) is 4. The van der Waals surface area contributed by atoms with Crippen molar-refractivity contribution >= 4 is 22.7 Å². The highest BCUT2D eigenvalue weighted by Gasteiger charge is 2.04. The molecule has 0 aliphatic rings. The number of aryl methyl sites for hydroxylation is 1. The molecule has 15 heavy (non-hydrogen) atoms. The summed E-state index contributed by atoms with van der Waals surface area (Å²) in [6, 6.07) is 3.81. The first-order valence-corrected chi connectivity index (χ1v) is 4.47. The van der Waals surface area contributed by atoms with Crippen molar-refractivity contribution in [1.82, 2.24) is 15.4 Å². The summed E-state index contributed by atoms with van der Waals surface area (Å²) < 4.78 is 0. The van der Waals surface area contributed by atoms with Crippen molar-refractivity contribution in [2.24, 2.45) is 5.73 Å². The van der Waals surface area contributed by atoms with Gasteiger partial charge in [0.05, 0.1) is 23.0 Å². The van der Waals surface area contributed by atoms with Crippen molar-refractivity contribution in [1.29, 1.82) is 5.41 Å². The largest absolute Gasteiger partial charge is 0.369 e. The van der Waals surface area contributed by atoms with E-state index in [1.165, 1.54) is 0 Å². The van der Waals surface area contributed by atoms with E-state index in [2.05, 4.69) is 20.8 Å². The third-order valence-electron chi connectivity index (χ3n) is 2.18. The van der Waals surface area contributed by atoms with E-state index in [9.17, 15) is 0 Å². The minimum Gasteiger partial charge on any atom is -0.369 e. The van der Waals surface area contributed by atoms with E-state index >= 15 is 0 Å². The van der Waals surface area contributed by atoms with Gasteiger partial charge in [0.2, 0.25) is 5.96 Å². The van der Waals surface area contributed by atoms with Crippen LogP contribution in [-0.2, 0) is 0 Å². The van der Waals surface area contributed by atoms with Gasteiger partial charge in [-0.15, -0.1) is 0 Å². The molecule has 0 fully saturated rings. The van der Waals surface area contributed by atoms with Crippen molar-refractivity contribution in [3.8, 4) is 0 Å². The Balaban J connectivity index is 2.35. The SMILES string of the molecule is Cc1c(NNC(=N)N)ccc2[nH]cnc12. The molecule has 1 aromatic carbocycles. The molecule has 1 aromatic heterocycles. The van der Waals surface area contributed by atoms with Crippen LogP contribution in [0.4, 0.5) is 5.69 Å². The molecule has 0 saturated heterocycles. The first-order valence-electron chi connectivity index (χ1n) is 4.47. The molecular formula is C9H12N6. The van der Waals surface area contributed by atoms with E-state index in [-0.39, 0.29) is 5.96 Å². The number of rotatable bonds is 2. The van der Waals surface area contributed by atoms with Crippen LogP contribution in [0.15, 0.2) is 18.5 Å². The van der Waals surface area contributed by atoms with Gasteiger partial charge in [-0.1, -0.05) is 0 Å². The molecule has 0 radical (unpaired) electrons. The number of fused-ring (bicyclic) bond motifs is 1. The summed E-state index contributed by atoms with van der Waals surface area (Å²) in [5, 5.41) is 7.03. The van der Waals surface area contributed by atoms with Crippen LogP contribution >= 0.6 is 0 Å². The van der Waals surface area contributed by atoms with E-state index in [0.29, 0.717) is 0 Å². The van der Waals surface area contributed by atoms with Gasteiger partial charge in [-0.3, -0.25) is 16.3 Å². The zero-order chi connectivity index (χ0) is 10.8. The molecule has 0 aliphatic heterocycles. The van der Waals surface area contributed by atoms with E-state index in [0.717, 1.165) is 22.3 Å². The number of H-pyrrole nitrogens is 1. The molecule has 1 heterocycles. The monoisotopic (exact) mass is 204 g/mol. The van der Waals surface area contributed by atoms with Crippen molar-refractivity contribution in [2.75, 3.05) is 5.43 Å². The molecule has 0 aliphatic carbocycles. The summed E-state index contributed by atoms with van der Waals surface area (Å²) in [6.07, 6.45) is 1.65. The van der Waals surface area contributed by atoms with Crippen LogP contribution < -0.4 is 16.6 Å². The molecule has 0 saturated carbocycles. The van der Waals surface area contributed by atoms with Crippen LogP contribution in [0.5, 0.6) is 0 Å². The van der Waals surface area contributed by atoms with E-state index in [1.807, 2.05) is 19.1 Å². The molecule has 6 nitrogen and oxygen atoms in total. The second-order valence-electron chi connectivity index (χ2n) is 3.20. The normalized spacial score (nSPS) is 10.2. The summed E-state index contributed by atoms with van der Waals surface area (Å²) >= 11 is 0. The number of imidazole rings is 1.